The fourth-order valence-electron chi connectivity index (χ4n) is 3.34. The Morgan fingerprint density at radius 2 is 2.12 bits per heavy atom. The van der Waals surface area contributed by atoms with E-state index in [1.165, 1.54) is 0 Å². The second-order valence-corrected chi connectivity index (χ2v) is 6.83. The van der Waals surface area contributed by atoms with Crippen LogP contribution in [0.15, 0.2) is 42.7 Å². The van der Waals surface area contributed by atoms with E-state index < -0.39 is 0 Å². The lowest BCUT2D eigenvalue weighted by Gasteiger charge is -2.40. The largest absolute Gasteiger partial charge is 0.396 e. The molecule has 1 fully saturated rings. The van der Waals surface area contributed by atoms with Gasteiger partial charge in [0, 0.05) is 37.8 Å². The number of aromatic nitrogens is 2. The van der Waals surface area contributed by atoms with Gasteiger partial charge in [0.25, 0.3) is 0 Å². The monoisotopic (exact) mass is 342 g/mol. The molecule has 1 aromatic carbocycles. The van der Waals surface area contributed by atoms with Crippen LogP contribution in [0.5, 0.6) is 0 Å². The Kier molecular flexibility index (Phi) is 5.38. The number of rotatable bonds is 5. The first-order valence-electron chi connectivity index (χ1n) is 8.87. The van der Waals surface area contributed by atoms with Gasteiger partial charge in [-0.2, -0.15) is 5.10 Å². The molecule has 0 bridgehead atoms. The first-order chi connectivity index (χ1) is 12.1. The van der Waals surface area contributed by atoms with Gasteiger partial charge in [0.15, 0.2) is 0 Å². The van der Waals surface area contributed by atoms with Crippen molar-refractivity contribution in [2.24, 2.45) is 5.41 Å². The van der Waals surface area contributed by atoms with Crippen molar-refractivity contribution in [1.29, 1.82) is 0 Å². The second-order valence-electron chi connectivity index (χ2n) is 6.83. The van der Waals surface area contributed by atoms with Gasteiger partial charge in [0.2, 0.25) is 0 Å². The number of urea groups is 1. The maximum absolute atomic E-state index is 12.5. The van der Waals surface area contributed by atoms with E-state index in [2.05, 4.69) is 17.3 Å². The van der Waals surface area contributed by atoms with Gasteiger partial charge < -0.3 is 15.3 Å². The van der Waals surface area contributed by atoms with Gasteiger partial charge in [-0.15, -0.1) is 0 Å². The molecule has 1 aliphatic rings. The second kappa shape index (κ2) is 7.70. The number of nitrogens with one attached hydrogen (secondary N) is 1. The number of aliphatic hydroxyl groups is 1. The maximum Gasteiger partial charge on any atom is 0.321 e. The number of likely N-dealkylation sites (tertiary alicyclic amines) is 1. The van der Waals surface area contributed by atoms with Crippen molar-refractivity contribution in [2.75, 3.05) is 25.0 Å². The number of hydrogen-bond acceptors (Lipinski definition) is 3. The molecule has 6 nitrogen and oxygen atoms in total. The lowest BCUT2D eigenvalue weighted by Crippen LogP contribution is -2.46. The molecule has 0 atom stereocenters. The van der Waals surface area contributed by atoms with Crippen molar-refractivity contribution >= 4 is 11.7 Å². The van der Waals surface area contributed by atoms with Crippen LogP contribution >= 0.6 is 0 Å². The highest BCUT2D eigenvalue weighted by Gasteiger charge is 2.33. The summed E-state index contributed by atoms with van der Waals surface area (Å²) in [5.41, 5.74) is 1.87. The third-order valence-electron chi connectivity index (χ3n) is 5.28. The van der Waals surface area contributed by atoms with Crippen LogP contribution in [0, 0.1) is 5.41 Å². The van der Waals surface area contributed by atoms with Crippen LogP contribution < -0.4 is 5.32 Å². The van der Waals surface area contributed by atoms with Crippen LogP contribution in [0.2, 0.25) is 0 Å². The molecule has 0 spiro atoms. The summed E-state index contributed by atoms with van der Waals surface area (Å²) in [6.45, 7) is 4.36. The number of carbonyl (C=O) groups excluding carboxylic acids is 1. The molecule has 0 aliphatic carbocycles. The molecule has 2 N–H and O–H groups in total. The van der Waals surface area contributed by atoms with Gasteiger partial charge in [-0.05, 0) is 48.4 Å². The zero-order chi connectivity index (χ0) is 17.7. The number of anilines is 1. The molecule has 1 aliphatic heterocycles. The average Bonchev–Trinajstić information content (AvgIpc) is 3.15. The zero-order valence-corrected chi connectivity index (χ0v) is 14.7. The third-order valence-corrected chi connectivity index (χ3v) is 5.28. The van der Waals surface area contributed by atoms with Crippen molar-refractivity contribution in [2.45, 2.75) is 32.7 Å². The lowest BCUT2D eigenvalue weighted by atomic mass is 9.77. The molecule has 1 saturated heterocycles. The van der Waals surface area contributed by atoms with E-state index in [4.69, 9.17) is 0 Å². The Bertz CT molecular complexity index is 685. The summed E-state index contributed by atoms with van der Waals surface area (Å²) in [5, 5.41) is 16.8. The molecule has 3 rings (SSSR count). The first kappa shape index (κ1) is 17.5. The predicted molar refractivity (Wildman–Crippen MR) is 97.4 cm³/mol. The number of nitrogens with zero attached hydrogens (tertiary/aromatic N) is 3. The number of benzene rings is 1. The lowest BCUT2D eigenvalue weighted by molar-refractivity contribution is 0.0542. The quantitative estimate of drug-likeness (QED) is 0.878. The molecule has 0 unspecified atom stereocenters. The Balaban J connectivity index is 1.58. The fourth-order valence-corrected chi connectivity index (χ4v) is 3.34. The van der Waals surface area contributed by atoms with Crippen molar-refractivity contribution in [3.63, 3.8) is 0 Å². The SMILES string of the molecule is CCC1(CO)CCN(C(=O)Nc2cccc(Cn3cccn3)c2)CC1. The van der Waals surface area contributed by atoms with Gasteiger partial charge in [-0.1, -0.05) is 19.1 Å². The Morgan fingerprint density at radius 1 is 1.32 bits per heavy atom. The molecule has 6 heteroatoms. The Labute approximate surface area is 148 Å². The van der Waals surface area contributed by atoms with Crippen LogP contribution in [-0.2, 0) is 6.54 Å². The first-order valence-corrected chi connectivity index (χ1v) is 8.87. The number of aliphatic hydroxyl groups excluding tert-OH is 1. The highest BCUT2D eigenvalue weighted by Crippen LogP contribution is 2.34. The van der Waals surface area contributed by atoms with Gasteiger partial charge >= 0.3 is 6.03 Å². The highest BCUT2D eigenvalue weighted by atomic mass is 16.3. The van der Waals surface area contributed by atoms with E-state index in [0.29, 0.717) is 19.6 Å². The number of piperidine rings is 1. The normalized spacial score (nSPS) is 16.6. The van der Waals surface area contributed by atoms with Crippen molar-refractivity contribution in [3.8, 4) is 0 Å². The number of hydrogen-bond donors (Lipinski definition) is 2. The minimum Gasteiger partial charge on any atom is -0.396 e. The minimum absolute atomic E-state index is 0.0134. The van der Waals surface area contributed by atoms with E-state index in [0.717, 1.165) is 30.5 Å². The van der Waals surface area contributed by atoms with Crippen LogP contribution in [-0.4, -0.2) is 45.5 Å². The smallest absolute Gasteiger partial charge is 0.321 e. The van der Waals surface area contributed by atoms with Crippen molar-refractivity contribution in [3.05, 3.63) is 48.3 Å². The molecule has 134 valence electrons. The molecule has 2 amide bonds. The van der Waals surface area contributed by atoms with Crippen molar-refractivity contribution < 1.29 is 9.90 Å². The molecule has 2 aromatic rings. The minimum atomic E-state index is -0.0705. The van der Waals surface area contributed by atoms with E-state index in [-0.39, 0.29) is 18.1 Å². The predicted octanol–water partition coefficient (Wildman–Crippen LogP) is 2.95. The molecule has 25 heavy (non-hydrogen) atoms. The highest BCUT2D eigenvalue weighted by molar-refractivity contribution is 5.89. The van der Waals surface area contributed by atoms with Crippen LogP contribution in [0.3, 0.4) is 0 Å². The Morgan fingerprint density at radius 3 is 2.76 bits per heavy atom. The summed E-state index contributed by atoms with van der Waals surface area (Å²) in [6, 6.07) is 9.67. The molecular formula is C19H26N4O2. The summed E-state index contributed by atoms with van der Waals surface area (Å²) >= 11 is 0. The Hall–Kier alpha value is -2.34. The summed E-state index contributed by atoms with van der Waals surface area (Å²) in [5.74, 6) is 0. The summed E-state index contributed by atoms with van der Waals surface area (Å²) in [4.78, 5) is 14.4. The third kappa shape index (κ3) is 4.20. The van der Waals surface area contributed by atoms with Gasteiger partial charge in [-0.3, -0.25) is 4.68 Å². The zero-order valence-electron chi connectivity index (χ0n) is 14.7. The topological polar surface area (TPSA) is 70.4 Å². The molecule has 0 saturated carbocycles. The van der Waals surface area contributed by atoms with Gasteiger partial charge in [0.1, 0.15) is 0 Å². The maximum atomic E-state index is 12.5. The molecular weight excluding hydrogens is 316 g/mol. The van der Waals surface area contributed by atoms with Crippen LogP contribution in [0.25, 0.3) is 0 Å². The summed E-state index contributed by atoms with van der Waals surface area (Å²) in [7, 11) is 0. The molecule has 1 aromatic heterocycles. The van der Waals surface area contributed by atoms with E-state index in [1.54, 1.807) is 6.20 Å². The van der Waals surface area contributed by atoms with Gasteiger partial charge in [0.05, 0.1) is 6.54 Å². The number of amides is 2. The van der Waals surface area contributed by atoms with E-state index in [1.807, 2.05) is 46.1 Å². The molecule has 0 radical (unpaired) electrons. The van der Waals surface area contributed by atoms with E-state index in [9.17, 15) is 9.90 Å². The van der Waals surface area contributed by atoms with Crippen LogP contribution in [0.4, 0.5) is 10.5 Å². The van der Waals surface area contributed by atoms with E-state index >= 15 is 0 Å². The average molecular weight is 342 g/mol. The fraction of sp³-hybridized carbons (Fsp3) is 0.474. The van der Waals surface area contributed by atoms with Crippen molar-refractivity contribution in [1.82, 2.24) is 14.7 Å². The van der Waals surface area contributed by atoms with Gasteiger partial charge in [-0.25, -0.2) is 4.79 Å². The standard InChI is InChI=1S/C19H26N4O2/c1-2-19(15-24)7-11-22(12-8-19)18(25)21-17-6-3-5-16(13-17)14-23-10-4-9-20-23/h3-6,9-10,13,24H,2,7-8,11-12,14-15H2,1H3,(H,21,25). The summed E-state index contributed by atoms with van der Waals surface area (Å²) in [6.07, 6.45) is 6.33. The number of carbonyl (C=O) groups is 1. The summed E-state index contributed by atoms with van der Waals surface area (Å²) < 4.78 is 1.85. The molecule has 2 heterocycles. The van der Waals surface area contributed by atoms with Crippen LogP contribution in [0.1, 0.15) is 31.7 Å².